The average molecular weight is 682 g/mol. The number of hydrogen-bond acceptors (Lipinski definition) is 2. The van der Waals surface area contributed by atoms with Gasteiger partial charge in [-0.15, -0.1) is 0 Å². The minimum atomic E-state index is -0.209. The number of nitrogens with two attached hydrogens (primary N) is 1. The molecule has 3 aromatic carbocycles. The minimum absolute atomic E-state index is 0.0799. The molecule has 52 heavy (non-hydrogen) atoms. The Labute approximate surface area is 308 Å². The molecular formula is C48H49N4+. The standard InChI is InChI=1S/C48H48N4/c1-31-16-8-9-19-35(31)46-45(50-47(3)27-15-14-24-44(47)49-46)33-25-26-40(32(2)28-33)52-42-23-13-11-21-37(42)39-29-38-36-20-10-12-22-41(36)51(34-17-6-5-7-18-34)43(38)30-48(39,52)4/h5-15,17-18,20-29,31-32,35,40,44-45,50H,16,19,30H2,1-4H3/p+1. The van der Waals surface area contributed by atoms with E-state index in [0.717, 1.165) is 19.3 Å². The van der Waals surface area contributed by atoms with Crippen molar-refractivity contribution in [3.63, 3.8) is 0 Å². The molecule has 0 spiro atoms. The van der Waals surface area contributed by atoms with Crippen molar-refractivity contribution in [1.29, 1.82) is 0 Å². The van der Waals surface area contributed by atoms with Crippen molar-refractivity contribution in [2.45, 2.75) is 76.2 Å². The number of allylic oxidation sites excluding steroid dienone is 4. The topological polar surface area (TPSA) is 37.1 Å². The van der Waals surface area contributed by atoms with Crippen LogP contribution in [0.5, 0.6) is 0 Å². The summed E-state index contributed by atoms with van der Waals surface area (Å²) in [6.07, 6.45) is 27.1. The van der Waals surface area contributed by atoms with E-state index in [1.165, 1.54) is 56.0 Å². The number of nitrogens with zero attached hydrogens (tertiary/aromatic N) is 3. The molecule has 260 valence electrons. The van der Waals surface area contributed by atoms with Crippen LogP contribution in [0.4, 0.5) is 5.69 Å². The second kappa shape index (κ2) is 11.8. The van der Waals surface area contributed by atoms with Gasteiger partial charge >= 0.3 is 0 Å². The predicted molar refractivity (Wildman–Crippen MR) is 217 cm³/mol. The zero-order valence-corrected chi connectivity index (χ0v) is 30.8. The Morgan fingerprint density at radius 3 is 2.48 bits per heavy atom. The van der Waals surface area contributed by atoms with E-state index in [1.54, 1.807) is 0 Å². The molecule has 0 saturated heterocycles. The van der Waals surface area contributed by atoms with Crippen molar-refractivity contribution in [3.05, 3.63) is 156 Å². The maximum absolute atomic E-state index is 5.61. The van der Waals surface area contributed by atoms with Crippen molar-refractivity contribution in [3.8, 4) is 5.69 Å². The van der Waals surface area contributed by atoms with E-state index < -0.39 is 0 Å². The fourth-order valence-corrected chi connectivity index (χ4v) is 10.6. The molecule has 0 saturated carbocycles. The first kappa shape index (κ1) is 31.8. The largest absolute Gasteiger partial charge is 0.354 e. The maximum atomic E-state index is 5.61. The van der Waals surface area contributed by atoms with E-state index in [2.05, 4.69) is 182 Å². The first-order valence-corrected chi connectivity index (χ1v) is 19.5. The number of hydrogen-bond donors (Lipinski definition) is 1. The van der Waals surface area contributed by atoms with Gasteiger partial charge in [-0.3, -0.25) is 4.99 Å². The lowest BCUT2D eigenvalue weighted by Gasteiger charge is -2.47. The summed E-state index contributed by atoms with van der Waals surface area (Å²) in [5, 5.41) is 3.96. The Hall–Kier alpha value is -4.93. The molecule has 8 atom stereocenters. The molecule has 3 heterocycles. The highest BCUT2D eigenvalue weighted by atomic mass is 15.3. The van der Waals surface area contributed by atoms with Crippen LogP contribution < -0.4 is 10.2 Å². The van der Waals surface area contributed by atoms with Crippen molar-refractivity contribution >= 4 is 34.0 Å². The molecule has 10 rings (SSSR count). The SMILES string of the molecule is CC1C=C(C2[NH2+]C3(C)C=CC=CC3N=C2C2CC=CCC2C)C=CC1N1c2ccccc2C2=Cc3c(n(-c4ccccc4)c4ccccc34)CC21C. The van der Waals surface area contributed by atoms with Crippen molar-refractivity contribution in [2.24, 2.45) is 22.7 Å². The Morgan fingerprint density at radius 2 is 1.63 bits per heavy atom. The number of rotatable bonds is 4. The first-order valence-electron chi connectivity index (χ1n) is 19.5. The molecule has 0 radical (unpaired) electrons. The third-order valence-electron chi connectivity index (χ3n) is 13.3. The van der Waals surface area contributed by atoms with Gasteiger partial charge in [0.15, 0.2) is 6.04 Å². The lowest BCUT2D eigenvalue weighted by atomic mass is 9.73. The molecule has 6 aliphatic rings. The normalized spacial score (nSPS) is 32.8. The van der Waals surface area contributed by atoms with Gasteiger partial charge in [-0.05, 0) is 80.5 Å². The Kier molecular flexibility index (Phi) is 7.21. The van der Waals surface area contributed by atoms with Crippen LogP contribution in [-0.4, -0.2) is 39.5 Å². The summed E-state index contributed by atoms with van der Waals surface area (Å²) >= 11 is 0. The number of quaternary nitrogens is 1. The Morgan fingerprint density at radius 1 is 0.846 bits per heavy atom. The highest BCUT2D eigenvalue weighted by Gasteiger charge is 2.52. The van der Waals surface area contributed by atoms with Crippen LogP contribution in [0, 0.1) is 17.8 Å². The van der Waals surface area contributed by atoms with E-state index in [1.807, 2.05) is 0 Å². The van der Waals surface area contributed by atoms with Gasteiger partial charge in [0.1, 0.15) is 11.6 Å². The van der Waals surface area contributed by atoms with Crippen molar-refractivity contribution in [1.82, 2.24) is 4.57 Å². The first-order chi connectivity index (χ1) is 25.3. The molecule has 2 aliphatic heterocycles. The summed E-state index contributed by atoms with van der Waals surface area (Å²) in [6, 6.07) is 29.6. The fraction of sp³-hybridized carbons (Fsp3) is 0.312. The van der Waals surface area contributed by atoms with Gasteiger partial charge in [-0.25, -0.2) is 0 Å². The number of aromatic nitrogens is 1. The Balaban J connectivity index is 1.05. The van der Waals surface area contributed by atoms with E-state index in [4.69, 9.17) is 4.99 Å². The van der Waals surface area contributed by atoms with E-state index in [-0.39, 0.29) is 29.2 Å². The highest BCUT2D eigenvalue weighted by Crippen LogP contribution is 2.55. The monoisotopic (exact) mass is 681 g/mol. The summed E-state index contributed by atoms with van der Waals surface area (Å²) in [5.41, 5.74) is 11.9. The molecule has 8 unspecified atom stereocenters. The minimum Gasteiger partial charge on any atom is -0.354 e. The molecular weight excluding hydrogens is 633 g/mol. The molecule has 0 amide bonds. The number of benzene rings is 3. The van der Waals surface area contributed by atoms with Gasteiger partial charge in [0.25, 0.3) is 0 Å². The second-order valence-electron chi connectivity index (χ2n) is 16.6. The summed E-state index contributed by atoms with van der Waals surface area (Å²) in [4.78, 5) is 8.39. The fourth-order valence-electron chi connectivity index (χ4n) is 10.6. The van der Waals surface area contributed by atoms with Gasteiger partial charge in [-0.1, -0.05) is 117 Å². The van der Waals surface area contributed by atoms with Gasteiger partial charge in [0.05, 0.1) is 22.8 Å². The molecule has 4 heteroatoms. The number of aliphatic imine (C=N–C) groups is 1. The van der Waals surface area contributed by atoms with Crippen LogP contribution in [0.25, 0.3) is 28.2 Å². The third-order valence-corrected chi connectivity index (χ3v) is 13.3. The molecule has 0 fully saturated rings. The number of fused-ring (bicyclic) bond motifs is 7. The number of anilines is 1. The average Bonchev–Trinajstić information content (AvgIpc) is 3.61. The summed E-state index contributed by atoms with van der Waals surface area (Å²) in [7, 11) is 0. The van der Waals surface area contributed by atoms with Crippen LogP contribution in [0.2, 0.25) is 0 Å². The molecule has 4 aromatic rings. The highest BCUT2D eigenvalue weighted by molar-refractivity contribution is 6.06. The molecule has 1 aromatic heterocycles. The third kappa shape index (κ3) is 4.66. The summed E-state index contributed by atoms with van der Waals surface area (Å²) in [5.74, 6) is 1.39. The van der Waals surface area contributed by atoms with Crippen LogP contribution in [0.3, 0.4) is 0 Å². The summed E-state index contributed by atoms with van der Waals surface area (Å²) < 4.78 is 2.52. The lowest BCUT2D eigenvalue weighted by molar-refractivity contribution is -0.727. The van der Waals surface area contributed by atoms with Crippen LogP contribution in [-0.2, 0) is 6.42 Å². The Bertz CT molecular complexity index is 2310. The zero-order valence-electron chi connectivity index (χ0n) is 30.8. The maximum Gasteiger partial charge on any atom is 0.151 e. The quantitative estimate of drug-likeness (QED) is 0.215. The smallest absolute Gasteiger partial charge is 0.151 e. The van der Waals surface area contributed by atoms with Crippen molar-refractivity contribution in [2.75, 3.05) is 4.90 Å². The van der Waals surface area contributed by atoms with Crippen LogP contribution >= 0.6 is 0 Å². The van der Waals surface area contributed by atoms with Gasteiger partial charge in [-0.2, -0.15) is 0 Å². The van der Waals surface area contributed by atoms with Gasteiger partial charge < -0.3 is 14.8 Å². The second-order valence-corrected chi connectivity index (χ2v) is 16.6. The van der Waals surface area contributed by atoms with Gasteiger partial charge in [0.2, 0.25) is 0 Å². The van der Waals surface area contributed by atoms with Gasteiger partial charge in [0, 0.05) is 51.5 Å². The van der Waals surface area contributed by atoms with E-state index >= 15 is 0 Å². The van der Waals surface area contributed by atoms with Crippen LogP contribution in [0.15, 0.2) is 144 Å². The molecule has 0 bridgehead atoms. The van der Waals surface area contributed by atoms with E-state index in [0.29, 0.717) is 17.8 Å². The predicted octanol–water partition coefficient (Wildman–Crippen LogP) is 9.05. The lowest BCUT2D eigenvalue weighted by Crippen LogP contribution is -3.05. The molecule has 2 N–H and O–H groups in total. The molecule has 4 aliphatic carbocycles. The van der Waals surface area contributed by atoms with Crippen molar-refractivity contribution < 1.29 is 5.32 Å². The molecule has 4 nitrogen and oxygen atoms in total. The van der Waals surface area contributed by atoms with E-state index in [9.17, 15) is 0 Å². The zero-order chi connectivity index (χ0) is 35.2. The van der Waals surface area contributed by atoms with Crippen LogP contribution in [0.1, 0.15) is 57.4 Å². The summed E-state index contributed by atoms with van der Waals surface area (Å²) in [6.45, 7) is 9.73. The number of para-hydroxylation sites is 3.